The molecule has 9 nitrogen and oxygen atoms in total. The van der Waals surface area contributed by atoms with Crippen molar-refractivity contribution < 1.29 is 18.0 Å². The second kappa shape index (κ2) is 9.51. The van der Waals surface area contributed by atoms with Gasteiger partial charge in [-0.1, -0.05) is 0 Å². The third-order valence-electron chi connectivity index (χ3n) is 6.12. The topological polar surface area (TPSA) is 105 Å². The van der Waals surface area contributed by atoms with Crippen molar-refractivity contribution in [3.8, 4) is 0 Å². The fourth-order valence-corrected chi connectivity index (χ4v) is 6.56. The lowest BCUT2D eigenvalue weighted by atomic mass is 9.97. The van der Waals surface area contributed by atoms with Crippen LogP contribution in [0, 0.1) is 19.8 Å². The summed E-state index contributed by atoms with van der Waals surface area (Å²) in [5.41, 5.74) is 0.429. The number of sulfonamides is 1. The van der Waals surface area contributed by atoms with Crippen LogP contribution in [0.4, 0.5) is 0 Å². The van der Waals surface area contributed by atoms with Gasteiger partial charge in [0, 0.05) is 31.7 Å². The van der Waals surface area contributed by atoms with Crippen LogP contribution in [0.5, 0.6) is 0 Å². The van der Waals surface area contributed by atoms with Crippen LogP contribution in [0.1, 0.15) is 64.3 Å². The molecule has 180 valence electrons. The molecular weight excluding hydrogens is 430 g/mol. The molecule has 3 rings (SSSR count). The number of hydrogen-bond donors (Lipinski definition) is 1. The van der Waals surface area contributed by atoms with Crippen molar-refractivity contribution in [1.82, 2.24) is 24.3 Å². The maximum Gasteiger partial charge on any atom is 0.246 e. The minimum absolute atomic E-state index is 0.0461. The molecule has 1 atom stereocenters. The van der Waals surface area contributed by atoms with Gasteiger partial charge < -0.3 is 10.2 Å². The first-order chi connectivity index (χ1) is 14.9. The molecule has 1 aromatic rings. The summed E-state index contributed by atoms with van der Waals surface area (Å²) in [6, 6.07) is 0. The average Bonchev–Trinajstić information content (AvgIpc) is 3.00. The van der Waals surface area contributed by atoms with Crippen molar-refractivity contribution >= 4 is 21.8 Å². The summed E-state index contributed by atoms with van der Waals surface area (Å²) >= 11 is 0. The predicted octanol–water partition coefficient (Wildman–Crippen LogP) is 1.83. The summed E-state index contributed by atoms with van der Waals surface area (Å²) in [5, 5.41) is 7.22. The van der Waals surface area contributed by atoms with Gasteiger partial charge in [0.1, 0.15) is 11.4 Å². The standard InChI is InChI=1S/C22H37N5O4S/c1-16-20(17(2)27(24-16)15-19(28)23-22(3,4)5)32(30,31)26-13-9-10-18(14-26)21(29)25-11-7-6-8-12-25/h18H,6-15H2,1-5H3,(H,23,28). The van der Waals surface area contributed by atoms with Crippen LogP contribution >= 0.6 is 0 Å². The third-order valence-corrected chi connectivity index (χ3v) is 8.24. The first-order valence-electron chi connectivity index (χ1n) is 11.5. The van der Waals surface area contributed by atoms with E-state index in [1.807, 2.05) is 25.7 Å². The molecule has 3 heterocycles. The van der Waals surface area contributed by atoms with Gasteiger partial charge in [0.2, 0.25) is 21.8 Å². The number of carbonyl (C=O) groups is 2. The van der Waals surface area contributed by atoms with Gasteiger partial charge in [0.15, 0.2) is 0 Å². The molecule has 10 heteroatoms. The smallest absolute Gasteiger partial charge is 0.246 e. The lowest BCUT2D eigenvalue weighted by Gasteiger charge is -2.35. The summed E-state index contributed by atoms with van der Waals surface area (Å²) in [6.07, 6.45) is 4.54. The number of rotatable bonds is 5. The van der Waals surface area contributed by atoms with Crippen molar-refractivity contribution in [2.75, 3.05) is 26.2 Å². The number of aryl methyl sites for hydroxylation is 1. The van der Waals surface area contributed by atoms with Gasteiger partial charge in [0.05, 0.1) is 17.3 Å². The van der Waals surface area contributed by atoms with Gasteiger partial charge in [0.25, 0.3) is 0 Å². The van der Waals surface area contributed by atoms with E-state index in [1.54, 1.807) is 13.8 Å². The molecule has 0 aromatic carbocycles. The van der Waals surface area contributed by atoms with Crippen molar-refractivity contribution in [3.63, 3.8) is 0 Å². The van der Waals surface area contributed by atoms with Gasteiger partial charge in [-0.3, -0.25) is 14.3 Å². The second-order valence-corrected chi connectivity index (χ2v) is 11.9. The molecule has 0 aliphatic carbocycles. The Hall–Kier alpha value is -1.94. The number of amides is 2. The van der Waals surface area contributed by atoms with E-state index in [2.05, 4.69) is 10.4 Å². The zero-order chi connectivity index (χ0) is 23.7. The molecule has 0 spiro atoms. The van der Waals surface area contributed by atoms with Crippen molar-refractivity contribution in [2.45, 2.75) is 83.7 Å². The van der Waals surface area contributed by atoms with Crippen LogP contribution in [0.2, 0.25) is 0 Å². The fraction of sp³-hybridized carbons (Fsp3) is 0.773. The molecule has 2 fully saturated rings. The second-order valence-electron chi connectivity index (χ2n) is 10.0. The largest absolute Gasteiger partial charge is 0.350 e. The van der Waals surface area contributed by atoms with Crippen LogP contribution < -0.4 is 5.32 Å². The number of nitrogens with one attached hydrogen (secondary N) is 1. The molecule has 2 amide bonds. The molecular formula is C22H37N5O4S. The van der Waals surface area contributed by atoms with E-state index >= 15 is 0 Å². The Morgan fingerprint density at radius 3 is 2.34 bits per heavy atom. The lowest BCUT2D eigenvalue weighted by molar-refractivity contribution is -0.137. The Morgan fingerprint density at radius 1 is 1.06 bits per heavy atom. The molecule has 0 radical (unpaired) electrons. The Bertz CT molecular complexity index is 958. The summed E-state index contributed by atoms with van der Waals surface area (Å²) < 4.78 is 30.0. The van der Waals surface area contributed by atoms with Gasteiger partial charge in [-0.15, -0.1) is 0 Å². The quantitative estimate of drug-likeness (QED) is 0.711. The molecule has 32 heavy (non-hydrogen) atoms. The molecule has 1 unspecified atom stereocenters. The van der Waals surface area contributed by atoms with Crippen molar-refractivity contribution in [2.24, 2.45) is 5.92 Å². The normalized spacial score (nSPS) is 20.9. The molecule has 2 aliphatic heterocycles. The Labute approximate surface area is 191 Å². The maximum atomic E-state index is 13.5. The Balaban J connectivity index is 1.77. The highest BCUT2D eigenvalue weighted by Gasteiger charge is 2.38. The van der Waals surface area contributed by atoms with Crippen LogP contribution in [0.15, 0.2) is 4.90 Å². The molecule has 0 bridgehead atoms. The summed E-state index contributed by atoms with van der Waals surface area (Å²) in [7, 11) is -3.82. The molecule has 0 saturated carbocycles. The third kappa shape index (κ3) is 5.51. The number of carbonyl (C=O) groups excluding carboxylic acids is 2. The van der Waals surface area contributed by atoms with Gasteiger partial charge in [-0.25, -0.2) is 8.42 Å². The monoisotopic (exact) mass is 467 g/mol. The summed E-state index contributed by atoms with van der Waals surface area (Å²) in [4.78, 5) is 27.4. The minimum Gasteiger partial charge on any atom is -0.350 e. The van der Waals surface area contributed by atoms with E-state index in [0.717, 1.165) is 32.4 Å². The SMILES string of the molecule is Cc1nn(CC(=O)NC(C)(C)C)c(C)c1S(=O)(=O)N1CCCC(C(=O)N2CCCCC2)C1. The first-order valence-corrected chi connectivity index (χ1v) is 13.0. The zero-order valence-electron chi connectivity index (χ0n) is 20.0. The molecule has 1 aromatic heterocycles. The highest BCUT2D eigenvalue weighted by atomic mass is 32.2. The Kier molecular flexibility index (Phi) is 7.34. The van der Waals surface area contributed by atoms with E-state index in [1.165, 1.54) is 8.99 Å². The number of aromatic nitrogens is 2. The molecule has 2 aliphatic rings. The van der Waals surface area contributed by atoms with Crippen molar-refractivity contribution in [1.29, 1.82) is 0 Å². The van der Waals surface area contributed by atoms with Crippen LogP contribution in [-0.2, 0) is 26.2 Å². The van der Waals surface area contributed by atoms with Gasteiger partial charge >= 0.3 is 0 Å². The first kappa shape index (κ1) is 24.7. The van der Waals surface area contributed by atoms with E-state index in [9.17, 15) is 18.0 Å². The van der Waals surface area contributed by atoms with Crippen molar-refractivity contribution in [3.05, 3.63) is 11.4 Å². The number of likely N-dealkylation sites (tertiary alicyclic amines) is 1. The van der Waals surface area contributed by atoms with Gasteiger partial charge in [-0.2, -0.15) is 9.40 Å². The maximum absolute atomic E-state index is 13.5. The Morgan fingerprint density at radius 2 is 1.72 bits per heavy atom. The lowest BCUT2D eigenvalue weighted by Crippen LogP contribution is -2.48. The van der Waals surface area contributed by atoms with Crippen LogP contribution in [0.25, 0.3) is 0 Å². The molecule has 2 saturated heterocycles. The number of nitrogens with zero attached hydrogens (tertiary/aromatic N) is 4. The fourth-order valence-electron chi connectivity index (χ4n) is 4.67. The van der Waals surface area contributed by atoms with E-state index < -0.39 is 10.0 Å². The predicted molar refractivity (Wildman–Crippen MR) is 122 cm³/mol. The van der Waals surface area contributed by atoms with E-state index in [-0.39, 0.29) is 41.3 Å². The van der Waals surface area contributed by atoms with E-state index in [0.29, 0.717) is 30.8 Å². The number of hydrogen-bond acceptors (Lipinski definition) is 5. The van der Waals surface area contributed by atoms with E-state index in [4.69, 9.17) is 0 Å². The summed E-state index contributed by atoms with van der Waals surface area (Å²) in [6.45, 7) is 11.1. The minimum atomic E-state index is -3.82. The van der Waals surface area contributed by atoms with Crippen LogP contribution in [0.3, 0.4) is 0 Å². The molecule has 1 N–H and O–H groups in total. The summed E-state index contributed by atoms with van der Waals surface area (Å²) in [5.74, 6) is -0.449. The average molecular weight is 468 g/mol. The van der Waals surface area contributed by atoms with Gasteiger partial charge in [-0.05, 0) is 66.7 Å². The zero-order valence-corrected chi connectivity index (χ0v) is 20.8. The highest BCUT2D eigenvalue weighted by molar-refractivity contribution is 7.89. The van der Waals surface area contributed by atoms with Crippen LogP contribution in [-0.4, -0.2) is 70.9 Å². The highest BCUT2D eigenvalue weighted by Crippen LogP contribution is 2.29. The number of piperidine rings is 2.